The van der Waals surface area contributed by atoms with E-state index in [2.05, 4.69) is 9.71 Å². The molecule has 0 bridgehead atoms. The molecule has 32 heavy (non-hydrogen) atoms. The highest BCUT2D eigenvalue weighted by Gasteiger charge is 2.43. The molecule has 2 aromatic carbocycles. The van der Waals surface area contributed by atoms with E-state index in [9.17, 15) is 8.42 Å². The Kier molecular flexibility index (Phi) is 7.16. The predicted molar refractivity (Wildman–Crippen MR) is 122 cm³/mol. The second-order valence-electron chi connectivity index (χ2n) is 7.68. The van der Waals surface area contributed by atoms with Crippen LogP contribution in [0.5, 0.6) is 5.75 Å². The summed E-state index contributed by atoms with van der Waals surface area (Å²) in [6.45, 7) is 0.870. The molecule has 1 fully saturated rings. The zero-order valence-corrected chi connectivity index (χ0v) is 18.7. The standard InChI is InChI=1S/C24H27N3O4S/c1-27-24(20-10-12-22(13-11-20)30-17-19-7-3-2-4-8-19)23(18-31-27)32(28,29)26-16-14-21-9-5-6-15-25-21/h2-13,15,23-24,26H,14,16-18H2,1H3. The molecule has 1 aliphatic heterocycles. The van der Waals surface area contributed by atoms with E-state index in [0.29, 0.717) is 19.6 Å². The highest BCUT2D eigenvalue weighted by Crippen LogP contribution is 2.34. The Hall–Kier alpha value is -2.78. The molecule has 2 unspecified atom stereocenters. The SMILES string of the molecule is CN1OCC(S(=O)(=O)NCCc2ccccn2)C1c1ccc(OCc2ccccc2)cc1. The van der Waals surface area contributed by atoms with Crippen molar-refractivity contribution >= 4 is 10.0 Å². The van der Waals surface area contributed by atoms with Crippen molar-refractivity contribution in [3.05, 3.63) is 95.8 Å². The smallest absolute Gasteiger partial charge is 0.218 e. The highest BCUT2D eigenvalue weighted by molar-refractivity contribution is 7.90. The number of aromatic nitrogens is 1. The summed E-state index contributed by atoms with van der Waals surface area (Å²) < 4.78 is 34.6. The van der Waals surface area contributed by atoms with Crippen molar-refractivity contribution in [3.8, 4) is 5.75 Å². The molecule has 2 heterocycles. The van der Waals surface area contributed by atoms with Gasteiger partial charge in [-0.05, 0) is 35.4 Å². The van der Waals surface area contributed by atoms with E-state index in [0.717, 1.165) is 22.6 Å². The molecule has 0 spiro atoms. The Morgan fingerprint density at radius 1 is 1.06 bits per heavy atom. The molecule has 3 aromatic rings. The summed E-state index contributed by atoms with van der Waals surface area (Å²) in [5, 5.41) is 0.898. The lowest BCUT2D eigenvalue weighted by Gasteiger charge is -2.23. The Morgan fingerprint density at radius 3 is 2.53 bits per heavy atom. The average Bonchev–Trinajstić information content (AvgIpc) is 3.22. The van der Waals surface area contributed by atoms with Crippen LogP contribution in [0, 0.1) is 0 Å². The molecule has 0 saturated carbocycles. The Labute approximate surface area is 189 Å². The van der Waals surface area contributed by atoms with E-state index >= 15 is 0 Å². The minimum absolute atomic E-state index is 0.104. The number of benzene rings is 2. The topological polar surface area (TPSA) is 80.8 Å². The lowest BCUT2D eigenvalue weighted by Crippen LogP contribution is -2.40. The van der Waals surface area contributed by atoms with Gasteiger partial charge in [0.2, 0.25) is 10.0 Å². The van der Waals surface area contributed by atoms with Crippen LogP contribution < -0.4 is 9.46 Å². The van der Waals surface area contributed by atoms with Gasteiger partial charge >= 0.3 is 0 Å². The van der Waals surface area contributed by atoms with E-state index in [-0.39, 0.29) is 6.61 Å². The van der Waals surface area contributed by atoms with Crippen LogP contribution in [0.1, 0.15) is 22.9 Å². The summed E-state index contributed by atoms with van der Waals surface area (Å²) in [7, 11) is -1.83. The zero-order chi connectivity index (χ0) is 22.4. The molecule has 0 radical (unpaired) electrons. The van der Waals surface area contributed by atoms with Gasteiger partial charge in [0.05, 0.1) is 12.6 Å². The van der Waals surface area contributed by atoms with Crippen LogP contribution in [0.2, 0.25) is 0 Å². The summed E-state index contributed by atoms with van der Waals surface area (Å²) >= 11 is 0. The summed E-state index contributed by atoms with van der Waals surface area (Å²) in [4.78, 5) is 9.82. The van der Waals surface area contributed by atoms with Crippen LogP contribution in [0.3, 0.4) is 0 Å². The second kappa shape index (κ2) is 10.2. The first kappa shape index (κ1) is 22.4. The second-order valence-corrected chi connectivity index (χ2v) is 9.66. The lowest BCUT2D eigenvalue weighted by molar-refractivity contribution is -0.110. The van der Waals surface area contributed by atoms with Crippen molar-refractivity contribution in [2.45, 2.75) is 24.3 Å². The predicted octanol–water partition coefficient (Wildman–Crippen LogP) is 3.11. The van der Waals surface area contributed by atoms with Gasteiger partial charge in [-0.2, -0.15) is 5.06 Å². The molecule has 8 heteroatoms. The highest BCUT2D eigenvalue weighted by atomic mass is 32.2. The number of pyridine rings is 1. The Balaban J connectivity index is 1.39. The van der Waals surface area contributed by atoms with Gasteiger partial charge in [-0.3, -0.25) is 9.82 Å². The molecule has 0 amide bonds. The van der Waals surface area contributed by atoms with E-state index in [1.807, 2.05) is 72.8 Å². The number of sulfonamides is 1. The van der Waals surface area contributed by atoms with Gasteiger partial charge in [0.1, 0.15) is 17.6 Å². The van der Waals surface area contributed by atoms with Crippen LogP contribution in [0.15, 0.2) is 79.0 Å². The molecule has 4 rings (SSSR count). The van der Waals surface area contributed by atoms with Crippen LogP contribution in [0.4, 0.5) is 0 Å². The van der Waals surface area contributed by atoms with Crippen LogP contribution in [0.25, 0.3) is 0 Å². The Bertz CT molecular complexity index is 1090. The van der Waals surface area contributed by atoms with Crippen molar-refractivity contribution in [1.29, 1.82) is 0 Å². The molecule has 7 nitrogen and oxygen atoms in total. The summed E-state index contributed by atoms with van der Waals surface area (Å²) in [5.74, 6) is 0.729. The van der Waals surface area contributed by atoms with Crippen molar-refractivity contribution in [2.24, 2.45) is 0 Å². The van der Waals surface area contributed by atoms with Gasteiger partial charge < -0.3 is 4.74 Å². The fraction of sp³-hybridized carbons (Fsp3) is 0.292. The lowest BCUT2D eigenvalue weighted by atomic mass is 10.0. The first-order valence-electron chi connectivity index (χ1n) is 10.5. The molecule has 0 aliphatic carbocycles. The number of ether oxygens (including phenoxy) is 1. The maximum absolute atomic E-state index is 13.0. The number of nitrogens with one attached hydrogen (secondary N) is 1. The molecule has 2 atom stereocenters. The van der Waals surface area contributed by atoms with Gasteiger partial charge in [0.25, 0.3) is 0 Å². The summed E-state index contributed by atoms with van der Waals surface area (Å²) in [6.07, 6.45) is 2.23. The Morgan fingerprint density at radius 2 is 1.81 bits per heavy atom. The van der Waals surface area contributed by atoms with Crippen LogP contribution in [-0.4, -0.2) is 43.9 Å². The van der Waals surface area contributed by atoms with Crippen molar-refractivity contribution < 1.29 is 18.0 Å². The van der Waals surface area contributed by atoms with Gasteiger partial charge in [-0.15, -0.1) is 0 Å². The third-order valence-corrected chi connectivity index (χ3v) is 7.26. The minimum Gasteiger partial charge on any atom is -0.489 e. The maximum atomic E-state index is 13.0. The van der Waals surface area contributed by atoms with Gasteiger partial charge in [0.15, 0.2) is 0 Å². The van der Waals surface area contributed by atoms with E-state index < -0.39 is 21.3 Å². The quantitative estimate of drug-likeness (QED) is 0.536. The molecule has 1 aliphatic rings. The first-order chi connectivity index (χ1) is 15.5. The largest absolute Gasteiger partial charge is 0.489 e. The molecule has 1 saturated heterocycles. The number of hydrogen-bond acceptors (Lipinski definition) is 6. The van der Waals surface area contributed by atoms with Crippen LogP contribution in [-0.2, 0) is 27.9 Å². The van der Waals surface area contributed by atoms with Gasteiger partial charge in [-0.1, -0.05) is 48.5 Å². The van der Waals surface area contributed by atoms with Gasteiger partial charge in [-0.25, -0.2) is 13.1 Å². The number of nitrogens with zero attached hydrogens (tertiary/aromatic N) is 2. The minimum atomic E-state index is -3.59. The molecular weight excluding hydrogens is 426 g/mol. The van der Waals surface area contributed by atoms with E-state index in [1.54, 1.807) is 18.3 Å². The fourth-order valence-electron chi connectivity index (χ4n) is 3.76. The molecular formula is C24H27N3O4S. The third-order valence-electron chi connectivity index (χ3n) is 5.47. The summed E-state index contributed by atoms with van der Waals surface area (Å²) in [5.41, 5.74) is 2.79. The van der Waals surface area contributed by atoms with Gasteiger partial charge in [0, 0.05) is 31.9 Å². The summed E-state index contributed by atoms with van der Waals surface area (Å²) in [6, 6.07) is 22.6. The fourth-order valence-corrected chi connectivity index (χ4v) is 5.27. The average molecular weight is 454 g/mol. The number of rotatable bonds is 9. The maximum Gasteiger partial charge on any atom is 0.218 e. The monoisotopic (exact) mass is 453 g/mol. The molecule has 168 valence electrons. The molecule has 1 aromatic heterocycles. The molecule has 1 N–H and O–H groups in total. The van der Waals surface area contributed by atoms with Crippen molar-refractivity contribution in [2.75, 3.05) is 20.2 Å². The normalized spacial score (nSPS) is 19.2. The van der Waals surface area contributed by atoms with Crippen LogP contribution >= 0.6 is 0 Å². The van der Waals surface area contributed by atoms with Crippen molar-refractivity contribution in [1.82, 2.24) is 14.8 Å². The third kappa shape index (κ3) is 5.52. The zero-order valence-electron chi connectivity index (χ0n) is 17.9. The number of hydrogen-bond donors (Lipinski definition) is 1. The van der Waals surface area contributed by atoms with Crippen molar-refractivity contribution in [3.63, 3.8) is 0 Å². The number of hydroxylamine groups is 2. The van der Waals surface area contributed by atoms with E-state index in [1.165, 1.54) is 0 Å². The van der Waals surface area contributed by atoms with E-state index in [4.69, 9.17) is 9.57 Å². The first-order valence-corrected chi connectivity index (χ1v) is 12.1.